The third-order valence-electron chi connectivity index (χ3n) is 7.02. The summed E-state index contributed by atoms with van der Waals surface area (Å²) in [6, 6.07) is 15.5. The molecule has 36 heavy (non-hydrogen) atoms. The summed E-state index contributed by atoms with van der Waals surface area (Å²) in [7, 11) is 0. The zero-order valence-electron chi connectivity index (χ0n) is 21.3. The lowest BCUT2D eigenvalue weighted by Gasteiger charge is -2.43. The van der Waals surface area contributed by atoms with E-state index in [1.807, 2.05) is 37.3 Å². The first-order chi connectivity index (χ1) is 17.0. The van der Waals surface area contributed by atoms with Crippen molar-refractivity contribution in [2.24, 2.45) is 11.3 Å². The van der Waals surface area contributed by atoms with Gasteiger partial charge in [-0.3, -0.25) is 19.3 Å². The Kier molecular flexibility index (Phi) is 6.89. The van der Waals surface area contributed by atoms with Crippen LogP contribution in [0.1, 0.15) is 68.9 Å². The summed E-state index contributed by atoms with van der Waals surface area (Å²) >= 11 is 0. The summed E-state index contributed by atoms with van der Waals surface area (Å²) in [5, 5.41) is 8.54. The first kappa shape index (κ1) is 25.4. The van der Waals surface area contributed by atoms with Crippen molar-refractivity contribution in [3.05, 3.63) is 65.7 Å². The molecule has 2 aromatic rings. The van der Waals surface area contributed by atoms with Crippen LogP contribution in [-0.2, 0) is 9.59 Å². The second-order valence-electron chi connectivity index (χ2n) is 11.0. The van der Waals surface area contributed by atoms with E-state index in [4.69, 9.17) is 0 Å². The molecule has 1 spiro atoms. The van der Waals surface area contributed by atoms with Gasteiger partial charge in [0.25, 0.3) is 11.8 Å². The van der Waals surface area contributed by atoms with Gasteiger partial charge >= 0.3 is 6.03 Å². The van der Waals surface area contributed by atoms with E-state index in [2.05, 4.69) is 36.7 Å². The Balaban J connectivity index is 1.44. The van der Waals surface area contributed by atoms with Crippen LogP contribution in [0, 0.1) is 11.3 Å². The smallest absolute Gasteiger partial charge is 0.325 e. The van der Waals surface area contributed by atoms with Gasteiger partial charge < -0.3 is 16.0 Å². The summed E-state index contributed by atoms with van der Waals surface area (Å²) in [5.74, 6) is -0.968. The highest BCUT2D eigenvalue weighted by atomic mass is 16.2. The minimum absolute atomic E-state index is 0.0952. The van der Waals surface area contributed by atoms with Crippen LogP contribution >= 0.6 is 0 Å². The van der Waals surface area contributed by atoms with Gasteiger partial charge in [-0.2, -0.15) is 0 Å². The van der Waals surface area contributed by atoms with Gasteiger partial charge in [-0.25, -0.2) is 4.79 Å². The Bertz CT molecular complexity index is 1180. The highest BCUT2D eigenvalue weighted by Crippen LogP contribution is 2.46. The van der Waals surface area contributed by atoms with Gasteiger partial charge in [-0.15, -0.1) is 0 Å². The number of amides is 5. The van der Waals surface area contributed by atoms with Crippen LogP contribution in [0.15, 0.2) is 54.6 Å². The maximum Gasteiger partial charge on any atom is 0.325 e. The van der Waals surface area contributed by atoms with Crippen molar-refractivity contribution < 1.29 is 19.2 Å². The van der Waals surface area contributed by atoms with Gasteiger partial charge in [0, 0.05) is 0 Å². The molecule has 2 aliphatic rings. The van der Waals surface area contributed by atoms with Crippen molar-refractivity contribution in [3.63, 3.8) is 0 Å². The van der Waals surface area contributed by atoms with E-state index >= 15 is 0 Å². The summed E-state index contributed by atoms with van der Waals surface area (Å²) in [6.07, 6.45) is 2.07. The van der Waals surface area contributed by atoms with Crippen LogP contribution in [-0.4, -0.2) is 40.7 Å². The van der Waals surface area contributed by atoms with Crippen LogP contribution in [0.2, 0.25) is 0 Å². The molecule has 0 aromatic heterocycles. The van der Waals surface area contributed by atoms with Crippen LogP contribution in [0.25, 0.3) is 0 Å². The average Bonchev–Trinajstić information content (AvgIpc) is 3.01. The van der Waals surface area contributed by atoms with Gasteiger partial charge in [-0.1, -0.05) is 63.2 Å². The molecule has 0 radical (unpaired) electrons. The fourth-order valence-electron chi connectivity index (χ4n) is 5.87. The molecular weight excluding hydrogens is 456 g/mol. The van der Waals surface area contributed by atoms with Crippen molar-refractivity contribution in [2.75, 3.05) is 11.9 Å². The van der Waals surface area contributed by atoms with Crippen molar-refractivity contribution in [1.82, 2.24) is 15.5 Å². The number of imide groups is 1. The Morgan fingerprint density at radius 1 is 1.06 bits per heavy atom. The summed E-state index contributed by atoms with van der Waals surface area (Å²) in [4.78, 5) is 53.0. The first-order valence-electron chi connectivity index (χ1n) is 12.4. The molecule has 8 heteroatoms. The minimum atomic E-state index is -0.968. The maximum atomic E-state index is 13.3. The molecule has 190 valence electrons. The zero-order chi connectivity index (χ0) is 26.1. The summed E-state index contributed by atoms with van der Waals surface area (Å²) < 4.78 is 0. The number of hydrogen-bond donors (Lipinski definition) is 3. The van der Waals surface area contributed by atoms with E-state index in [1.54, 1.807) is 24.3 Å². The Labute approximate surface area is 211 Å². The predicted octanol–water partition coefficient (Wildman–Crippen LogP) is 4.25. The van der Waals surface area contributed by atoms with Gasteiger partial charge in [0.1, 0.15) is 12.1 Å². The first-order valence-corrected chi connectivity index (χ1v) is 12.4. The van der Waals surface area contributed by atoms with Crippen molar-refractivity contribution >= 4 is 29.4 Å². The Morgan fingerprint density at radius 3 is 2.42 bits per heavy atom. The van der Waals surface area contributed by atoms with E-state index in [1.165, 1.54) is 0 Å². The monoisotopic (exact) mass is 490 g/mol. The molecule has 1 saturated heterocycles. The van der Waals surface area contributed by atoms with Crippen LogP contribution in [0.3, 0.4) is 0 Å². The zero-order valence-corrected chi connectivity index (χ0v) is 21.3. The lowest BCUT2D eigenvalue weighted by Crippen LogP contribution is -2.54. The van der Waals surface area contributed by atoms with E-state index in [0.717, 1.165) is 16.9 Å². The van der Waals surface area contributed by atoms with Crippen LogP contribution < -0.4 is 16.0 Å². The molecule has 8 nitrogen and oxygen atoms in total. The number of benzene rings is 2. The van der Waals surface area contributed by atoms with E-state index in [-0.39, 0.29) is 29.2 Å². The fourth-order valence-corrected chi connectivity index (χ4v) is 5.87. The number of carbonyl (C=O) groups is 4. The third-order valence-corrected chi connectivity index (χ3v) is 7.02. The standard InChI is InChI=1S/C28H34N4O4/c1-18-14-27(3,4)17-28(15-18)25(35)32(26(36)31-28)16-23(33)30-22-13-9-8-12-21(22)24(34)29-19(2)20-10-6-5-7-11-20/h5-13,18-19H,14-17H2,1-4H3,(H,29,34)(H,30,33)(H,31,36). The van der Waals surface area contributed by atoms with E-state index in [9.17, 15) is 19.2 Å². The molecule has 2 fully saturated rings. The minimum Gasteiger partial charge on any atom is -0.345 e. The molecule has 1 heterocycles. The number of nitrogens with one attached hydrogen (secondary N) is 3. The number of para-hydroxylation sites is 1. The maximum absolute atomic E-state index is 13.3. The largest absolute Gasteiger partial charge is 0.345 e. The van der Waals surface area contributed by atoms with Gasteiger partial charge in [0.2, 0.25) is 5.91 Å². The number of nitrogens with zero attached hydrogens (tertiary/aromatic N) is 1. The second-order valence-corrected chi connectivity index (χ2v) is 11.0. The Hall–Kier alpha value is -3.68. The number of rotatable bonds is 6. The highest BCUT2D eigenvalue weighted by molar-refractivity contribution is 6.11. The van der Waals surface area contributed by atoms with Crippen molar-refractivity contribution in [1.29, 1.82) is 0 Å². The van der Waals surface area contributed by atoms with Crippen molar-refractivity contribution in [2.45, 2.75) is 58.5 Å². The SMILES string of the molecule is CC1CC(C)(C)CC2(C1)NC(=O)N(CC(=O)Nc1ccccc1C(=O)NC(C)c1ccccc1)C2=O. The van der Waals surface area contributed by atoms with Crippen molar-refractivity contribution in [3.8, 4) is 0 Å². The van der Waals surface area contributed by atoms with E-state index < -0.39 is 24.0 Å². The van der Waals surface area contributed by atoms with Crippen LogP contribution in [0.4, 0.5) is 10.5 Å². The topological polar surface area (TPSA) is 108 Å². The third kappa shape index (κ3) is 5.27. The van der Waals surface area contributed by atoms with Gasteiger partial charge in [0.15, 0.2) is 0 Å². The highest BCUT2D eigenvalue weighted by Gasteiger charge is 2.56. The molecule has 0 bridgehead atoms. The lowest BCUT2D eigenvalue weighted by atomic mass is 9.64. The number of anilines is 1. The molecule has 1 aliphatic carbocycles. The molecule has 2 aromatic carbocycles. The normalized spacial score (nSPS) is 23.8. The molecule has 3 unspecified atom stereocenters. The number of hydrogen-bond acceptors (Lipinski definition) is 4. The van der Waals surface area contributed by atoms with Gasteiger partial charge in [0.05, 0.1) is 17.3 Å². The quantitative estimate of drug-likeness (QED) is 0.526. The molecular formula is C28H34N4O4. The second kappa shape index (κ2) is 9.76. The number of carbonyl (C=O) groups excluding carboxylic acids is 4. The Morgan fingerprint density at radius 2 is 1.72 bits per heavy atom. The van der Waals surface area contributed by atoms with E-state index in [0.29, 0.717) is 24.1 Å². The summed E-state index contributed by atoms with van der Waals surface area (Å²) in [6.45, 7) is 7.74. The van der Waals surface area contributed by atoms with Crippen LogP contribution in [0.5, 0.6) is 0 Å². The molecule has 1 aliphatic heterocycles. The summed E-state index contributed by atoms with van der Waals surface area (Å²) in [5.41, 5.74) is 0.506. The number of urea groups is 1. The molecule has 3 atom stereocenters. The molecule has 4 rings (SSSR count). The molecule has 1 saturated carbocycles. The average molecular weight is 491 g/mol. The lowest BCUT2D eigenvalue weighted by molar-refractivity contribution is -0.136. The molecule has 3 N–H and O–H groups in total. The predicted molar refractivity (Wildman–Crippen MR) is 137 cm³/mol. The molecule has 5 amide bonds. The fraction of sp³-hybridized carbons (Fsp3) is 0.429. The van der Waals surface area contributed by atoms with Gasteiger partial charge in [-0.05, 0) is 55.2 Å².